The number of halogens is 1. The molecule has 0 unspecified atom stereocenters. The van der Waals surface area contributed by atoms with Crippen LogP contribution in [-0.4, -0.2) is 19.3 Å². The molecule has 0 bridgehead atoms. The van der Waals surface area contributed by atoms with Gasteiger partial charge in [0.2, 0.25) is 10.0 Å². The molecule has 26 heavy (non-hydrogen) atoms. The predicted molar refractivity (Wildman–Crippen MR) is 102 cm³/mol. The largest absolute Gasteiger partial charge is 0.460 e. The Morgan fingerprint density at radius 1 is 1.00 bits per heavy atom. The summed E-state index contributed by atoms with van der Waals surface area (Å²) in [5.41, 5.74) is 0.857. The maximum Gasteiger partial charge on any atom is 0.244 e. The van der Waals surface area contributed by atoms with Gasteiger partial charge in [0.15, 0.2) is 0 Å². The molecule has 4 nitrogen and oxygen atoms in total. The first-order chi connectivity index (χ1) is 12.5. The van der Waals surface area contributed by atoms with Gasteiger partial charge >= 0.3 is 0 Å². The Balaban J connectivity index is 1.85. The fourth-order valence-corrected chi connectivity index (χ4v) is 3.94. The number of rotatable bonds is 6. The second kappa shape index (κ2) is 7.79. The number of furan rings is 1. The molecule has 0 fully saturated rings. The first kappa shape index (κ1) is 18.3. The molecule has 1 heterocycles. The van der Waals surface area contributed by atoms with Crippen LogP contribution < -0.4 is 0 Å². The second-order valence-corrected chi connectivity index (χ2v) is 7.94. The summed E-state index contributed by atoms with van der Waals surface area (Å²) in [5.74, 6) is 3.54. The Morgan fingerprint density at radius 2 is 1.69 bits per heavy atom. The summed E-state index contributed by atoms with van der Waals surface area (Å²) in [6, 6.07) is 18.9. The van der Waals surface area contributed by atoms with Crippen LogP contribution in [0.25, 0.3) is 11.3 Å². The van der Waals surface area contributed by atoms with Crippen molar-refractivity contribution in [3.8, 4) is 23.7 Å². The van der Waals surface area contributed by atoms with Crippen LogP contribution in [-0.2, 0) is 16.6 Å². The van der Waals surface area contributed by atoms with Gasteiger partial charge in [-0.3, -0.25) is 0 Å². The van der Waals surface area contributed by atoms with Crippen molar-refractivity contribution < 1.29 is 12.8 Å². The minimum atomic E-state index is -3.71. The molecule has 0 saturated carbocycles. The predicted octanol–water partition coefficient (Wildman–Crippen LogP) is 4.42. The maximum atomic E-state index is 12.8. The third-order valence-electron chi connectivity index (χ3n) is 3.77. The van der Waals surface area contributed by atoms with E-state index < -0.39 is 10.0 Å². The highest BCUT2D eigenvalue weighted by Gasteiger charge is 2.25. The molecule has 0 saturated heterocycles. The van der Waals surface area contributed by atoms with Crippen LogP contribution >= 0.6 is 11.6 Å². The van der Waals surface area contributed by atoms with Gasteiger partial charge in [-0.25, -0.2) is 8.42 Å². The number of hydrogen-bond acceptors (Lipinski definition) is 3. The highest BCUT2D eigenvalue weighted by molar-refractivity contribution is 7.89. The Kier molecular flexibility index (Phi) is 5.48. The van der Waals surface area contributed by atoms with Crippen molar-refractivity contribution in [3.63, 3.8) is 0 Å². The molecule has 0 amide bonds. The third kappa shape index (κ3) is 4.00. The van der Waals surface area contributed by atoms with Crippen LogP contribution in [0.3, 0.4) is 0 Å². The Hall–Kier alpha value is -2.52. The van der Waals surface area contributed by atoms with Gasteiger partial charge in [-0.05, 0) is 48.5 Å². The molecule has 132 valence electrons. The van der Waals surface area contributed by atoms with Crippen LogP contribution in [0.4, 0.5) is 0 Å². The van der Waals surface area contributed by atoms with Crippen molar-refractivity contribution in [3.05, 3.63) is 77.5 Å². The van der Waals surface area contributed by atoms with E-state index in [0.29, 0.717) is 16.5 Å². The highest BCUT2D eigenvalue weighted by atomic mass is 35.5. The molecule has 0 aliphatic heterocycles. The topological polar surface area (TPSA) is 50.5 Å². The number of terminal acetylenes is 1. The zero-order valence-corrected chi connectivity index (χ0v) is 15.4. The fraction of sp³-hybridized carbons (Fsp3) is 0.100. The molecule has 3 rings (SSSR count). The van der Waals surface area contributed by atoms with Crippen LogP contribution in [0.15, 0.2) is 76.0 Å². The standard InChI is InChI=1S/C20H16ClNO3S/c1-2-14-22(26(23,24)19-6-4-3-5-7-19)15-18-12-13-20(25-18)16-8-10-17(21)11-9-16/h1,3-13H,14-15H2. The monoisotopic (exact) mass is 385 g/mol. The average molecular weight is 386 g/mol. The van der Waals surface area contributed by atoms with Gasteiger partial charge in [0, 0.05) is 10.6 Å². The summed E-state index contributed by atoms with van der Waals surface area (Å²) in [4.78, 5) is 0.194. The van der Waals surface area contributed by atoms with Gasteiger partial charge in [0.05, 0.1) is 18.0 Å². The van der Waals surface area contributed by atoms with Crippen LogP contribution in [0, 0.1) is 12.3 Å². The first-order valence-electron chi connectivity index (χ1n) is 7.84. The van der Waals surface area contributed by atoms with Gasteiger partial charge in [0.25, 0.3) is 0 Å². The van der Waals surface area contributed by atoms with Crippen molar-refractivity contribution in [1.29, 1.82) is 0 Å². The van der Waals surface area contributed by atoms with Crippen molar-refractivity contribution in [2.45, 2.75) is 11.4 Å². The number of hydrogen-bond donors (Lipinski definition) is 0. The number of sulfonamides is 1. The lowest BCUT2D eigenvalue weighted by atomic mass is 10.2. The van der Waals surface area contributed by atoms with Crippen LogP contribution in [0.2, 0.25) is 5.02 Å². The van der Waals surface area contributed by atoms with Crippen LogP contribution in [0.1, 0.15) is 5.76 Å². The molecule has 6 heteroatoms. The number of benzene rings is 2. The smallest absolute Gasteiger partial charge is 0.244 e. The molecule has 0 aliphatic carbocycles. The van der Waals surface area contributed by atoms with Crippen LogP contribution in [0.5, 0.6) is 0 Å². The fourth-order valence-electron chi connectivity index (χ4n) is 2.48. The third-order valence-corrected chi connectivity index (χ3v) is 5.83. The zero-order valence-electron chi connectivity index (χ0n) is 13.8. The van der Waals surface area contributed by atoms with Crippen molar-refractivity contribution >= 4 is 21.6 Å². The summed E-state index contributed by atoms with van der Waals surface area (Å²) in [6.45, 7) is 0.00320. The van der Waals surface area contributed by atoms with Gasteiger partial charge < -0.3 is 4.42 Å². The van der Waals surface area contributed by atoms with Crippen molar-refractivity contribution in [1.82, 2.24) is 4.31 Å². The van der Waals surface area contributed by atoms with E-state index in [0.717, 1.165) is 5.56 Å². The highest BCUT2D eigenvalue weighted by Crippen LogP contribution is 2.25. The normalized spacial score (nSPS) is 11.4. The minimum absolute atomic E-state index is 0.0474. The van der Waals surface area contributed by atoms with E-state index >= 15 is 0 Å². The van der Waals surface area contributed by atoms with Gasteiger partial charge in [0.1, 0.15) is 11.5 Å². The summed E-state index contributed by atoms with van der Waals surface area (Å²) in [6.07, 6.45) is 5.37. The lowest BCUT2D eigenvalue weighted by Gasteiger charge is -2.18. The molecule has 3 aromatic rings. The molecular weight excluding hydrogens is 370 g/mol. The van der Waals surface area contributed by atoms with Gasteiger partial charge in [-0.1, -0.05) is 35.7 Å². The zero-order chi connectivity index (χ0) is 18.6. The summed E-state index contributed by atoms with van der Waals surface area (Å²) in [7, 11) is -3.71. The van der Waals surface area contributed by atoms with E-state index in [1.807, 2.05) is 12.1 Å². The lowest BCUT2D eigenvalue weighted by molar-refractivity contribution is 0.393. The minimum Gasteiger partial charge on any atom is -0.460 e. The Labute approximate surface area is 158 Å². The summed E-state index contributed by atoms with van der Waals surface area (Å²) in [5, 5.41) is 0.634. The molecule has 2 aromatic carbocycles. The van der Waals surface area contributed by atoms with Crippen molar-refractivity contribution in [2.24, 2.45) is 0 Å². The molecule has 0 N–H and O–H groups in total. The first-order valence-corrected chi connectivity index (χ1v) is 9.66. The quantitative estimate of drug-likeness (QED) is 0.590. The molecular formula is C20H16ClNO3S. The molecule has 0 spiro atoms. The average Bonchev–Trinajstić information content (AvgIpc) is 3.11. The Morgan fingerprint density at radius 3 is 2.35 bits per heavy atom. The molecule has 0 aliphatic rings. The van der Waals surface area contributed by atoms with Crippen molar-refractivity contribution in [2.75, 3.05) is 6.54 Å². The SMILES string of the molecule is C#CCN(Cc1ccc(-c2ccc(Cl)cc2)o1)S(=O)(=O)c1ccccc1. The molecule has 0 atom stereocenters. The second-order valence-electron chi connectivity index (χ2n) is 5.56. The van der Waals surface area contributed by atoms with E-state index in [-0.39, 0.29) is 18.0 Å². The van der Waals surface area contributed by atoms with Gasteiger partial charge in [-0.15, -0.1) is 6.42 Å². The summed E-state index contributed by atoms with van der Waals surface area (Å²) >= 11 is 5.89. The molecule has 1 aromatic heterocycles. The van der Waals surface area contributed by atoms with Gasteiger partial charge in [-0.2, -0.15) is 4.31 Å². The van der Waals surface area contributed by atoms with E-state index in [1.165, 1.54) is 4.31 Å². The lowest BCUT2D eigenvalue weighted by Crippen LogP contribution is -2.30. The maximum absolute atomic E-state index is 12.8. The van der Waals surface area contributed by atoms with E-state index in [9.17, 15) is 8.42 Å². The number of nitrogens with zero attached hydrogens (tertiary/aromatic N) is 1. The van der Waals surface area contributed by atoms with E-state index in [4.69, 9.17) is 22.4 Å². The Bertz CT molecular complexity index is 1020. The van der Waals surface area contributed by atoms with E-state index in [1.54, 1.807) is 54.6 Å². The summed E-state index contributed by atoms with van der Waals surface area (Å²) < 4.78 is 32.6. The van der Waals surface area contributed by atoms with E-state index in [2.05, 4.69) is 5.92 Å². The molecule has 0 radical (unpaired) electrons.